The Balaban J connectivity index is 1.66. The van der Waals surface area contributed by atoms with Gasteiger partial charge in [0.15, 0.2) is 16.6 Å². The number of nitrogens with zero attached hydrogens (tertiary/aromatic N) is 2. The molecule has 1 amide bonds. The summed E-state index contributed by atoms with van der Waals surface area (Å²) in [7, 11) is 1.41. The molecule has 2 heterocycles. The van der Waals surface area contributed by atoms with Crippen molar-refractivity contribution in [3.05, 3.63) is 77.4 Å². The number of unbranched alkanes of at least 4 members (excludes halogenated alkanes) is 1. The van der Waals surface area contributed by atoms with Gasteiger partial charge in [0.25, 0.3) is 5.78 Å². The van der Waals surface area contributed by atoms with Crippen molar-refractivity contribution in [3.8, 4) is 23.0 Å². The molecule has 1 aliphatic rings. The number of Topliss-reactive ketones (excluding diaryl/α,β-unsaturated/α-hetero) is 1. The van der Waals surface area contributed by atoms with E-state index in [1.165, 1.54) is 35.5 Å². The number of carbonyl (C=O) groups is 2. The first-order valence-electron chi connectivity index (χ1n) is 13.3. The Labute approximate surface area is 241 Å². The Bertz CT molecular complexity index is 1640. The number of hydrogen-bond acceptors (Lipinski definition) is 9. The third kappa shape index (κ3) is 5.43. The number of carbonyl (C=O) groups excluding carboxylic acids is 2. The molecule has 41 heavy (non-hydrogen) atoms. The lowest BCUT2D eigenvalue weighted by molar-refractivity contribution is -0.132. The molecule has 0 spiro atoms. The lowest BCUT2D eigenvalue weighted by Gasteiger charge is -2.23. The minimum atomic E-state index is -1.04. The van der Waals surface area contributed by atoms with Crippen LogP contribution < -0.4 is 19.1 Å². The molecule has 0 bridgehead atoms. The number of methoxy groups -OCH3 is 1. The molecule has 1 saturated heterocycles. The quantitative estimate of drug-likeness (QED) is 0.0993. The van der Waals surface area contributed by atoms with E-state index in [4.69, 9.17) is 14.2 Å². The van der Waals surface area contributed by atoms with Crippen LogP contribution in [0.5, 0.6) is 23.0 Å². The van der Waals surface area contributed by atoms with E-state index >= 15 is 0 Å². The molecule has 5 rings (SSSR count). The number of aromatic hydroxyl groups is 1. The fourth-order valence-electron chi connectivity index (χ4n) is 4.68. The van der Waals surface area contributed by atoms with Gasteiger partial charge in [-0.05, 0) is 61.4 Å². The zero-order chi connectivity index (χ0) is 29.1. The van der Waals surface area contributed by atoms with Crippen LogP contribution >= 0.6 is 11.3 Å². The number of aromatic nitrogens is 1. The van der Waals surface area contributed by atoms with Crippen LogP contribution in [0.15, 0.2) is 66.2 Å². The van der Waals surface area contributed by atoms with Crippen LogP contribution in [0, 0.1) is 0 Å². The van der Waals surface area contributed by atoms with E-state index in [-0.39, 0.29) is 28.0 Å². The maximum atomic E-state index is 13.6. The molecule has 1 aromatic heterocycles. The Kier molecular flexibility index (Phi) is 8.11. The topological polar surface area (TPSA) is 118 Å². The Morgan fingerprint density at radius 1 is 1.02 bits per heavy atom. The van der Waals surface area contributed by atoms with Crippen LogP contribution in [0.2, 0.25) is 0 Å². The van der Waals surface area contributed by atoms with Crippen molar-refractivity contribution in [2.45, 2.75) is 32.7 Å². The monoisotopic (exact) mass is 574 g/mol. The van der Waals surface area contributed by atoms with Gasteiger partial charge in [0, 0.05) is 5.56 Å². The number of anilines is 1. The molecule has 1 fully saturated rings. The van der Waals surface area contributed by atoms with Crippen molar-refractivity contribution < 1.29 is 34.0 Å². The molecule has 0 radical (unpaired) electrons. The summed E-state index contributed by atoms with van der Waals surface area (Å²) in [4.78, 5) is 33.1. The maximum Gasteiger partial charge on any atom is 0.301 e. The Hall–Kier alpha value is -4.57. The predicted molar refractivity (Wildman–Crippen MR) is 157 cm³/mol. The average Bonchev–Trinajstić information content (AvgIpc) is 3.51. The van der Waals surface area contributed by atoms with Crippen LogP contribution in [0.25, 0.3) is 16.0 Å². The van der Waals surface area contributed by atoms with Gasteiger partial charge in [-0.25, -0.2) is 4.98 Å². The van der Waals surface area contributed by atoms with Gasteiger partial charge in [0.1, 0.15) is 17.3 Å². The molecular formula is C31H30N2O7S. The van der Waals surface area contributed by atoms with Crippen molar-refractivity contribution in [2.75, 3.05) is 25.2 Å². The number of aliphatic hydroxyl groups is 1. The number of fused-ring (bicyclic) bond motifs is 1. The first-order chi connectivity index (χ1) is 19.9. The number of ether oxygens (including phenoxy) is 3. The lowest BCUT2D eigenvalue weighted by Crippen LogP contribution is -2.29. The van der Waals surface area contributed by atoms with Gasteiger partial charge in [-0.15, -0.1) is 0 Å². The van der Waals surface area contributed by atoms with Crippen molar-refractivity contribution in [1.29, 1.82) is 0 Å². The van der Waals surface area contributed by atoms with Crippen LogP contribution in [0.1, 0.15) is 43.9 Å². The van der Waals surface area contributed by atoms with E-state index in [1.807, 2.05) is 13.0 Å². The van der Waals surface area contributed by atoms with Crippen molar-refractivity contribution in [3.63, 3.8) is 0 Å². The van der Waals surface area contributed by atoms with Crippen molar-refractivity contribution in [1.82, 2.24) is 4.98 Å². The predicted octanol–water partition coefficient (Wildman–Crippen LogP) is 6.21. The number of benzene rings is 3. The molecule has 212 valence electrons. The highest BCUT2D eigenvalue weighted by Gasteiger charge is 2.48. The third-order valence-corrected chi connectivity index (χ3v) is 7.72. The highest BCUT2D eigenvalue weighted by atomic mass is 32.1. The number of phenolic OH excluding ortho intramolecular Hbond substituents is 1. The molecule has 4 aromatic rings. The number of phenols is 1. The molecule has 0 saturated carbocycles. The minimum Gasteiger partial charge on any atom is -0.507 e. The standard InChI is InChI=1S/C31H30N2O7S/c1-4-6-14-40-20-9-7-8-19(15-20)28(35)26-27(18-10-13-23(34)24(16-18)38-3)33(30(37)29(26)36)31-32-22-12-11-21(39-5-2)17-25(22)41-31/h7-13,15-17,27,34-35H,4-6,14H2,1-3H3. The molecular weight excluding hydrogens is 544 g/mol. The second-order valence-corrected chi connectivity index (χ2v) is 10.4. The Morgan fingerprint density at radius 3 is 2.59 bits per heavy atom. The van der Waals surface area contributed by atoms with E-state index in [1.54, 1.807) is 42.5 Å². The number of aliphatic hydroxyl groups excluding tert-OH is 1. The number of ketones is 1. The largest absolute Gasteiger partial charge is 0.507 e. The highest BCUT2D eigenvalue weighted by Crippen LogP contribution is 2.46. The molecule has 9 nitrogen and oxygen atoms in total. The molecule has 0 aliphatic carbocycles. The molecule has 1 unspecified atom stereocenters. The van der Waals surface area contributed by atoms with Gasteiger partial charge in [-0.1, -0.05) is 42.9 Å². The first kappa shape index (κ1) is 28.0. The zero-order valence-electron chi connectivity index (χ0n) is 22.9. The second kappa shape index (κ2) is 11.9. The fourth-order valence-corrected chi connectivity index (χ4v) is 5.71. The van der Waals surface area contributed by atoms with Gasteiger partial charge < -0.3 is 24.4 Å². The maximum absolute atomic E-state index is 13.6. The number of amides is 1. The smallest absolute Gasteiger partial charge is 0.301 e. The first-order valence-corrected chi connectivity index (χ1v) is 14.1. The summed E-state index contributed by atoms with van der Waals surface area (Å²) in [5.41, 5.74) is 1.31. The van der Waals surface area contributed by atoms with Crippen molar-refractivity contribution in [2.24, 2.45) is 0 Å². The highest BCUT2D eigenvalue weighted by molar-refractivity contribution is 7.22. The second-order valence-electron chi connectivity index (χ2n) is 9.39. The van der Waals surface area contributed by atoms with Crippen LogP contribution in [-0.2, 0) is 9.59 Å². The normalized spacial score (nSPS) is 16.4. The Morgan fingerprint density at radius 2 is 1.83 bits per heavy atom. The van der Waals surface area contributed by atoms with Gasteiger partial charge in [-0.3, -0.25) is 14.5 Å². The molecule has 3 aromatic carbocycles. The van der Waals surface area contributed by atoms with Gasteiger partial charge in [0.2, 0.25) is 0 Å². The number of hydrogen-bond donors (Lipinski definition) is 2. The molecule has 10 heteroatoms. The van der Waals surface area contributed by atoms with E-state index in [0.29, 0.717) is 41.4 Å². The van der Waals surface area contributed by atoms with E-state index < -0.39 is 17.7 Å². The van der Waals surface area contributed by atoms with Gasteiger partial charge >= 0.3 is 5.91 Å². The average molecular weight is 575 g/mol. The summed E-state index contributed by atoms with van der Waals surface area (Å²) in [6.07, 6.45) is 1.84. The fraction of sp³-hybridized carbons (Fsp3) is 0.258. The van der Waals surface area contributed by atoms with Crippen LogP contribution in [-0.4, -0.2) is 47.2 Å². The van der Waals surface area contributed by atoms with Gasteiger partial charge in [-0.2, -0.15) is 0 Å². The SMILES string of the molecule is CCCCOc1cccc(C(O)=C2C(=O)C(=O)N(c3nc4ccc(OCC)cc4s3)C2c2ccc(O)c(OC)c2)c1. The van der Waals surface area contributed by atoms with Gasteiger partial charge in [0.05, 0.1) is 42.2 Å². The third-order valence-electron chi connectivity index (χ3n) is 6.70. The molecule has 1 aliphatic heterocycles. The summed E-state index contributed by atoms with van der Waals surface area (Å²) < 4.78 is 17.5. The summed E-state index contributed by atoms with van der Waals surface area (Å²) in [6.45, 7) is 4.97. The lowest BCUT2D eigenvalue weighted by atomic mass is 9.95. The van der Waals surface area contributed by atoms with E-state index in [9.17, 15) is 19.8 Å². The summed E-state index contributed by atoms with van der Waals surface area (Å²) in [6, 6.07) is 15.7. The summed E-state index contributed by atoms with van der Waals surface area (Å²) in [5.74, 6) is -0.773. The van der Waals surface area contributed by atoms with Crippen LogP contribution in [0.4, 0.5) is 5.13 Å². The number of thiazole rings is 1. The number of rotatable bonds is 10. The van der Waals surface area contributed by atoms with E-state index in [0.717, 1.165) is 17.5 Å². The summed E-state index contributed by atoms with van der Waals surface area (Å²) >= 11 is 1.23. The minimum absolute atomic E-state index is 0.103. The molecule has 1 atom stereocenters. The van der Waals surface area contributed by atoms with E-state index in [2.05, 4.69) is 11.9 Å². The van der Waals surface area contributed by atoms with Crippen LogP contribution in [0.3, 0.4) is 0 Å². The van der Waals surface area contributed by atoms with Crippen molar-refractivity contribution >= 4 is 44.1 Å². The summed E-state index contributed by atoms with van der Waals surface area (Å²) in [5, 5.41) is 22.0. The zero-order valence-corrected chi connectivity index (χ0v) is 23.7. The molecule has 2 N–H and O–H groups in total.